The summed E-state index contributed by atoms with van der Waals surface area (Å²) in [6.07, 6.45) is 0. The summed E-state index contributed by atoms with van der Waals surface area (Å²) in [6, 6.07) is 19.6. The summed E-state index contributed by atoms with van der Waals surface area (Å²) < 4.78 is 32.2. The molecule has 3 aromatic carbocycles. The number of benzene rings is 3. The maximum absolute atomic E-state index is 12.8. The minimum absolute atomic E-state index is 0.0903. The lowest BCUT2D eigenvalue weighted by molar-refractivity contribution is -0.147. The molecule has 1 heterocycles. The van der Waals surface area contributed by atoms with E-state index in [2.05, 4.69) is 5.32 Å². The first kappa shape index (κ1) is 24.1. The molecule has 0 unspecified atom stereocenters. The van der Waals surface area contributed by atoms with Crippen molar-refractivity contribution in [2.24, 2.45) is 0 Å². The highest BCUT2D eigenvalue weighted by Crippen LogP contribution is 2.19. The van der Waals surface area contributed by atoms with Crippen LogP contribution in [0.5, 0.6) is 0 Å². The van der Waals surface area contributed by atoms with Gasteiger partial charge in [0.05, 0.1) is 15.9 Å². The van der Waals surface area contributed by atoms with Gasteiger partial charge >= 0.3 is 5.97 Å². The van der Waals surface area contributed by atoms with E-state index in [1.54, 1.807) is 53.1 Å². The number of carbonyl (C=O) groups is 2. The number of aromatic nitrogens is 1. The fraction of sp³-hybridized carbons (Fsp3) is 0.160. The Bertz CT molecular complexity index is 1530. The maximum atomic E-state index is 12.8. The molecule has 0 saturated carbocycles. The number of para-hydroxylation sites is 2. The number of rotatable bonds is 7. The molecule has 0 saturated heterocycles. The number of pyridine rings is 1. The van der Waals surface area contributed by atoms with Crippen molar-refractivity contribution in [1.29, 1.82) is 0 Å². The van der Waals surface area contributed by atoms with E-state index >= 15 is 0 Å². The lowest BCUT2D eigenvalue weighted by Crippen LogP contribution is -2.24. The van der Waals surface area contributed by atoms with Crippen molar-refractivity contribution in [2.75, 3.05) is 26.0 Å². The molecular formula is C25H23N3O6S. The van der Waals surface area contributed by atoms with E-state index in [0.717, 1.165) is 4.31 Å². The molecule has 0 fully saturated rings. The summed E-state index contributed by atoms with van der Waals surface area (Å²) in [5, 5.41) is 3.53. The van der Waals surface area contributed by atoms with E-state index in [1.165, 1.54) is 38.4 Å². The van der Waals surface area contributed by atoms with Crippen LogP contribution in [0.4, 0.5) is 5.69 Å². The van der Waals surface area contributed by atoms with E-state index in [-0.39, 0.29) is 16.9 Å². The number of amides is 1. The lowest BCUT2D eigenvalue weighted by Gasteiger charge is -2.15. The standard InChI is InChI=1S/C25H23N3O6S/c1-27(2)35(32,33)18-13-11-17(12-14-18)26-23(29)16-34-24(30)15-28-21-9-5-3-7-19(21)25(31)20-8-4-6-10-22(20)28/h3-14H,15-16H2,1-2H3,(H,26,29). The van der Waals surface area contributed by atoms with Gasteiger partial charge in [0.25, 0.3) is 5.91 Å². The topological polar surface area (TPSA) is 115 Å². The molecule has 35 heavy (non-hydrogen) atoms. The van der Waals surface area contributed by atoms with Gasteiger partial charge in [0, 0.05) is 30.6 Å². The zero-order chi connectivity index (χ0) is 25.2. The molecule has 1 aromatic heterocycles. The number of nitrogens with zero attached hydrogens (tertiary/aromatic N) is 2. The maximum Gasteiger partial charge on any atom is 0.326 e. The number of nitrogens with one attached hydrogen (secondary N) is 1. The number of esters is 1. The monoisotopic (exact) mass is 493 g/mol. The molecule has 0 aliphatic carbocycles. The molecule has 9 nitrogen and oxygen atoms in total. The Morgan fingerprint density at radius 1 is 0.886 bits per heavy atom. The van der Waals surface area contributed by atoms with Crippen LogP contribution in [0.3, 0.4) is 0 Å². The van der Waals surface area contributed by atoms with E-state index < -0.39 is 28.5 Å². The molecule has 0 atom stereocenters. The number of carbonyl (C=O) groups excluding carboxylic acids is 2. The van der Waals surface area contributed by atoms with Crippen LogP contribution in [-0.4, -0.2) is 49.9 Å². The number of fused-ring (bicyclic) bond motifs is 2. The van der Waals surface area contributed by atoms with E-state index in [9.17, 15) is 22.8 Å². The molecule has 0 spiro atoms. The molecule has 1 N–H and O–H groups in total. The highest BCUT2D eigenvalue weighted by molar-refractivity contribution is 7.89. The van der Waals surface area contributed by atoms with Crippen LogP contribution in [0.15, 0.2) is 82.5 Å². The van der Waals surface area contributed by atoms with Crippen LogP contribution in [0.2, 0.25) is 0 Å². The largest absolute Gasteiger partial charge is 0.454 e. The first-order chi connectivity index (χ1) is 16.7. The summed E-state index contributed by atoms with van der Waals surface area (Å²) in [5.41, 5.74) is 1.42. The van der Waals surface area contributed by atoms with Crippen molar-refractivity contribution in [3.63, 3.8) is 0 Å². The molecule has 4 aromatic rings. The predicted octanol–water partition coefficient (Wildman–Crippen LogP) is 2.59. The van der Waals surface area contributed by atoms with Gasteiger partial charge in [-0.1, -0.05) is 24.3 Å². The Labute approximate surface area is 201 Å². The fourth-order valence-electron chi connectivity index (χ4n) is 3.69. The fourth-order valence-corrected chi connectivity index (χ4v) is 4.59. The Hall–Kier alpha value is -4.02. The number of hydrogen-bond acceptors (Lipinski definition) is 6. The minimum atomic E-state index is -3.58. The Balaban J connectivity index is 1.45. The first-order valence-electron chi connectivity index (χ1n) is 10.7. The molecule has 0 radical (unpaired) electrons. The minimum Gasteiger partial charge on any atom is -0.454 e. The van der Waals surface area contributed by atoms with Crippen LogP contribution in [0.25, 0.3) is 21.8 Å². The number of anilines is 1. The summed E-state index contributed by atoms with van der Waals surface area (Å²) in [6.45, 7) is -0.710. The second-order valence-corrected chi connectivity index (χ2v) is 10.1. The van der Waals surface area contributed by atoms with Crippen LogP contribution in [-0.2, 0) is 30.9 Å². The van der Waals surface area contributed by atoms with Gasteiger partial charge in [-0.3, -0.25) is 14.4 Å². The van der Waals surface area contributed by atoms with Crippen LogP contribution in [0, 0.1) is 0 Å². The van der Waals surface area contributed by atoms with E-state index in [4.69, 9.17) is 4.74 Å². The zero-order valence-corrected chi connectivity index (χ0v) is 19.9. The first-order valence-corrected chi connectivity index (χ1v) is 12.1. The molecule has 4 rings (SSSR count). The quantitative estimate of drug-likeness (QED) is 0.313. The number of sulfonamides is 1. The van der Waals surface area contributed by atoms with Crippen molar-refractivity contribution in [2.45, 2.75) is 11.4 Å². The SMILES string of the molecule is CN(C)S(=O)(=O)c1ccc(NC(=O)COC(=O)Cn2c3ccccc3c(=O)c3ccccc32)cc1. The summed E-state index contributed by atoms with van der Waals surface area (Å²) >= 11 is 0. The predicted molar refractivity (Wildman–Crippen MR) is 133 cm³/mol. The van der Waals surface area contributed by atoms with Crippen LogP contribution in [0.1, 0.15) is 0 Å². The van der Waals surface area contributed by atoms with Crippen molar-refractivity contribution in [3.8, 4) is 0 Å². The normalized spacial score (nSPS) is 11.6. The number of ether oxygens (including phenoxy) is 1. The van der Waals surface area contributed by atoms with Crippen molar-refractivity contribution in [3.05, 3.63) is 83.0 Å². The molecule has 0 bridgehead atoms. The average molecular weight is 494 g/mol. The van der Waals surface area contributed by atoms with Gasteiger partial charge in [-0.05, 0) is 48.5 Å². The van der Waals surface area contributed by atoms with Gasteiger partial charge in [-0.2, -0.15) is 0 Å². The van der Waals surface area contributed by atoms with Crippen LogP contribution < -0.4 is 10.7 Å². The highest BCUT2D eigenvalue weighted by atomic mass is 32.2. The van der Waals surface area contributed by atoms with Gasteiger partial charge in [-0.25, -0.2) is 12.7 Å². The molecule has 0 aliphatic rings. The third kappa shape index (κ3) is 4.93. The molecular weight excluding hydrogens is 470 g/mol. The third-order valence-electron chi connectivity index (χ3n) is 5.45. The second-order valence-electron chi connectivity index (χ2n) is 7.97. The molecule has 180 valence electrons. The molecule has 0 aliphatic heterocycles. The third-order valence-corrected chi connectivity index (χ3v) is 7.28. The highest BCUT2D eigenvalue weighted by Gasteiger charge is 2.17. The van der Waals surface area contributed by atoms with Gasteiger partial charge in [0.15, 0.2) is 12.0 Å². The smallest absolute Gasteiger partial charge is 0.326 e. The zero-order valence-electron chi connectivity index (χ0n) is 19.1. The summed E-state index contributed by atoms with van der Waals surface area (Å²) in [7, 11) is -0.720. The van der Waals surface area contributed by atoms with E-state index in [0.29, 0.717) is 27.5 Å². The summed E-state index contributed by atoms with van der Waals surface area (Å²) in [5.74, 6) is -1.22. The number of hydrogen-bond donors (Lipinski definition) is 1. The van der Waals surface area contributed by atoms with Crippen LogP contribution >= 0.6 is 0 Å². The average Bonchev–Trinajstić information content (AvgIpc) is 2.85. The van der Waals surface area contributed by atoms with E-state index in [1.807, 2.05) is 0 Å². The van der Waals surface area contributed by atoms with Crippen molar-refractivity contribution >= 4 is 49.4 Å². The second kappa shape index (κ2) is 9.69. The van der Waals surface area contributed by atoms with Gasteiger partial charge in [0.2, 0.25) is 10.0 Å². The van der Waals surface area contributed by atoms with Gasteiger partial charge in [-0.15, -0.1) is 0 Å². The Morgan fingerprint density at radius 2 is 1.43 bits per heavy atom. The molecule has 1 amide bonds. The van der Waals surface area contributed by atoms with Crippen molar-refractivity contribution < 1.29 is 22.7 Å². The van der Waals surface area contributed by atoms with Gasteiger partial charge in [0.1, 0.15) is 6.54 Å². The molecule has 10 heteroatoms. The summed E-state index contributed by atoms with van der Waals surface area (Å²) in [4.78, 5) is 37.7. The van der Waals surface area contributed by atoms with Crippen molar-refractivity contribution in [1.82, 2.24) is 8.87 Å². The Morgan fingerprint density at radius 3 is 1.97 bits per heavy atom. The van der Waals surface area contributed by atoms with Gasteiger partial charge < -0.3 is 14.6 Å². The lowest BCUT2D eigenvalue weighted by atomic mass is 10.1. The Kier molecular flexibility index (Phi) is 6.68.